The quantitative estimate of drug-likeness (QED) is 0.726. The fourth-order valence-electron chi connectivity index (χ4n) is 1.96. The van der Waals surface area contributed by atoms with Crippen LogP contribution in [0.15, 0.2) is 16.7 Å². The van der Waals surface area contributed by atoms with Crippen molar-refractivity contribution in [2.45, 2.75) is 37.4 Å². The molecule has 0 aliphatic rings. The van der Waals surface area contributed by atoms with Gasteiger partial charge in [-0.05, 0) is 41.6 Å². The molecule has 0 aliphatic carbocycles. The molecule has 0 N–H and O–H groups in total. The highest BCUT2D eigenvalue weighted by Gasteiger charge is 2.16. The zero-order chi connectivity index (χ0) is 14.0. The molecule has 0 radical (unpaired) electrons. The maximum Gasteiger partial charge on any atom is 0.160 e. The predicted octanol–water partition coefficient (Wildman–Crippen LogP) is 4.64. The Kier molecular flexibility index (Phi) is 5.15. The Morgan fingerprint density at radius 3 is 2.84 bits per heavy atom. The first kappa shape index (κ1) is 15.1. The van der Waals surface area contributed by atoms with Gasteiger partial charge >= 0.3 is 0 Å². The van der Waals surface area contributed by atoms with Crippen molar-refractivity contribution in [3.05, 3.63) is 22.6 Å². The van der Waals surface area contributed by atoms with Crippen molar-refractivity contribution in [3.63, 3.8) is 0 Å². The van der Waals surface area contributed by atoms with Crippen LogP contribution in [-0.4, -0.2) is 26.0 Å². The number of aromatic nitrogens is 3. The summed E-state index contributed by atoms with van der Waals surface area (Å²) in [4.78, 5) is 9.08. The average molecular weight is 363 g/mol. The Hall–Kier alpha value is -0.260. The molecule has 0 aliphatic heterocycles. The monoisotopic (exact) mass is 361 g/mol. The highest BCUT2D eigenvalue weighted by molar-refractivity contribution is 9.10. The van der Waals surface area contributed by atoms with E-state index in [-0.39, 0.29) is 5.38 Å². The summed E-state index contributed by atoms with van der Waals surface area (Å²) in [5.74, 6) is 0.899. The molecular weight excluding hydrogens is 346 g/mol. The Labute approximate surface area is 131 Å². The zero-order valence-corrected chi connectivity index (χ0v) is 14.4. The third-order valence-electron chi connectivity index (χ3n) is 3.10. The summed E-state index contributed by atoms with van der Waals surface area (Å²) in [6.45, 7) is 5.09. The molecule has 2 unspecified atom stereocenters. The zero-order valence-electron chi connectivity index (χ0n) is 11.2. The van der Waals surface area contributed by atoms with Crippen molar-refractivity contribution in [2.75, 3.05) is 6.26 Å². The van der Waals surface area contributed by atoms with Crippen LogP contribution >= 0.6 is 39.3 Å². The molecule has 3 nitrogen and oxygen atoms in total. The van der Waals surface area contributed by atoms with E-state index in [1.807, 2.05) is 24.8 Å². The first-order valence-electron chi connectivity index (χ1n) is 6.21. The second kappa shape index (κ2) is 6.46. The lowest BCUT2D eigenvalue weighted by molar-refractivity contribution is 0.620. The van der Waals surface area contributed by atoms with Gasteiger partial charge in [0, 0.05) is 22.5 Å². The molecule has 2 atom stereocenters. The van der Waals surface area contributed by atoms with E-state index in [1.165, 1.54) is 0 Å². The summed E-state index contributed by atoms with van der Waals surface area (Å²) in [5, 5.41) is 0.504. The minimum atomic E-state index is -0.113. The second-order valence-electron chi connectivity index (χ2n) is 4.57. The summed E-state index contributed by atoms with van der Waals surface area (Å²) in [7, 11) is 0. The Balaban J connectivity index is 2.40. The molecule has 2 aromatic heterocycles. The number of hydrogen-bond donors (Lipinski definition) is 0. The minimum Gasteiger partial charge on any atom is -0.311 e. The van der Waals surface area contributed by atoms with Gasteiger partial charge in [0.15, 0.2) is 5.65 Å². The number of alkyl halides is 1. The molecule has 0 saturated carbocycles. The van der Waals surface area contributed by atoms with Crippen LogP contribution in [0.4, 0.5) is 0 Å². The van der Waals surface area contributed by atoms with Crippen molar-refractivity contribution in [3.8, 4) is 0 Å². The van der Waals surface area contributed by atoms with Gasteiger partial charge in [0.05, 0.1) is 5.38 Å². The van der Waals surface area contributed by atoms with Crippen molar-refractivity contribution < 1.29 is 0 Å². The molecule has 0 fully saturated rings. The largest absolute Gasteiger partial charge is 0.311 e. The van der Waals surface area contributed by atoms with E-state index >= 15 is 0 Å². The van der Waals surface area contributed by atoms with Crippen molar-refractivity contribution >= 4 is 50.5 Å². The Morgan fingerprint density at radius 1 is 1.47 bits per heavy atom. The summed E-state index contributed by atoms with van der Waals surface area (Å²) in [6.07, 6.45) is 5.03. The lowest BCUT2D eigenvalue weighted by Crippen LogP contribution is -2.09. The van der Waals surface area contributed by atoms with E-state index in [0.717, 1.165) is 34.4 Å². The number of rotatable bonds is 5. The molecule has 2 rings (SSSR count). The number of thioether (sulfide) groups is 1. The van der Waals surface area contributed by atoms with Crippen LogP contribution in [0.1, 0.15) is 31.5 Å². The number of fused-ring (bicyclic) bond motifs is 1. The number of pyridine rings is 1. The van der Waals surface area contributed by atoms with Gasteiger partial charge in [-0.25, -0.2) is 9.97 Å². The van der Waals surface area contributed by atoms with Crippen LogP contribution in [0.3, 0.4) is 0 Å². The van der Waals surface area contributed by atoms with Gasteiger partial charge in [0.25, 0.3) is 0 Å². The molecule has 0 saturated heterocycles. The van der Waals surface area contributed by atoms with E-state index in [2.05, 4.69) is 43.6 Å². The second-order valence-corrected chi connectivity index (χ2v) is 7.42. The third-order valence-corrected chi connectivity index (χ3v) is 4.77. The average Bonchev–Trinajstić information content (AvgIpc) is 2.73. The standard InChI is InChI=1S/C13H17BrClN3S/c1-8(19-3)4-5-18-12(9(2)15)17-11-6-10(14)7-16-13(11)18/h6-9H,4-5H2,1-3H3. The smallest absolute Gasteiger partial charge is 0.160 e. The van der Waals surface area contributed by atoms with Crippen LogP contribution in [0.25, 0.3) is 11.2 Å². The number of nitrogens with zero attached hydrogens (tertiary/aromatic N) is 3. The summed E-state index contributed by atoms with van der Waals surface area (Å²) in [6, 6.07) is 1.99. The molecule has 2 aromatic rings. The van der Waals surface area contributed by atoms with Crippen LogP contribution in [-0.2, 0) is 6.54 Å². The fraction of sp³-hybridized carbons (Fsp3) is 0.538. The maximum atomic E-state index is 6.24. The van der Waals surface area contributed by atoms with Crippen LogP contribution in [0.5, 0.6) is 0 Å². The van der Waals surface area contributed by atoms with E-state index in [4.69, 9.17) is 11.6 Å². The first-order chi connectivity index (χ1) is 9.02. The van der Waals surface area contributed by atoms with Gasteiger partial charge in [-0.3, -0.25) is 0 Å². The lowest BCUT2D eigenvalue weighted by Gasteiger charge is -2.12. The number of hydrogen-bond acceptors (Lipinski definition) is 3. The number of imidazole rings is 1. The molecule has 0 aromatic carbocycles. The topological polar surface area (TPSA) is 30.7 Å². The summed E-state index contributed by atoms with van der Waals surface area (Å²) in [5.41, 5.74) is 1.81. The molecule has 104 valence electrons. The van der Waals surface area contributed by atoms with Gasteiger partial charge in [-0.1, -0.05) is 6.92 Å². The highest BCUT2D eigenvalue weighted by Crippen LogP contribution is 2.26. The van der Waals surface area contributed by atoms with Gasteiger partial charge in [0.1, 0.15) is 11.3 Å². The van der Waals surface area contributed by atoms with E-state index < -0.39 is 0 Å². The number of halogens is 2. The normalized spacial score (nSPS) is 14.8. The molecule has 2 heterocycles. The first-order valence-corrected chi connectivity index (χ1v) is 8.73. The Bertz CT molecular complexity index is 570. The van der Waals surface area contributed by atoms with Gasteiger partial charge in [-0.2, -0.15) is 11.8 Å². The third kappa shape index (κ3) is 3.44. The molecule has 19 heavy (non-hydrogen) atoms. The van der Waals surface area contributed by atoms with Crippen molar-refractivity contribution in [1.29, 1.82) is 0 Å². The molecule has 0 spiro atoms. The van der Waals surface area contributed by atoms with E-state index in [0.29, 0.717) is 5.25 Å². The minimum absolute atomic E-state index is 0.113. The van der Waals surface area contributed by atoms with Crippen molar-refractivity contribution in [2.24, 2.45) is 0 Å². The molecule has 0 amide bonds. The Morgan fingerprint density at radius 2 is 2.21 bits per heavy atom. The van der Waals surface area contributed by atoms with Crippen LogP contribution in [0, 0.1) is 0 Å². The van der Waals surface area contributed by atoms with E-state index in [1.54, 1.807) is 6.20 Å². The number of aryl methyl sites for hydroxylation is 1. The molecule has 6 heteroatoms. The van der Waals surface area contributed by atoms with Crippen molar-refractivity contribution in [1.82, 2.24) is 14.5 Å². The fourth-order valence-corrected chi connectivity index (χ4v) is 2.78. The lowest BCUT2D eigenvalue weighted by atomic mass is 10.3. The van der Waals surface area contributed by atoms with E-state index in [9.17, 15) is 0 Å². The highest BCUT2D eigenvalue weighted by atomic mass is 79.9. The molecule has 0 bridgehead atoms. The van der Waals surface area contributed by atoms with Crippen LogP contribution in [0.2, 0.25) is 0 Å². The SMILES string of the molecule is CSC(C)CCn1c(C(C)Cl)nc2cc(Br)cnc21. The summed E-state index contributed by atoms with van der Waals surface area (Å²) >= 11 is 11.5. The molecular formula is C13H17BrClN3S. The maximum absolute atomic E-state index is 6.24. The van der Waals surface area contributed by atoms with Gasteiger partial charge in [-0.15, -0.1) is 11.6 Å². The van der Waals surface area contributed by atoms with Crippen LogP contribution < -0.4 is 0 Å². The van der Waals surface area contributed by atoms with Gasteiger partial charge < -0.3 is 4.57 Å². The summed E-state index contributed by atoms with van der Waals surface area (Å²) < 4.78 is 3.09. The predicted molar refractivity (Wildman–Crippen MR) is 87.1 cm³/mol. The van der Waals surface area contributed by atoms with Gasteiger partial charge in [0.2, 0.25) is 0 Å².